The van der Waals surface area contributed by atoms with Gasteiger partial charge in [-0.1, -0.05) is 19.1 Å². The molecule has 0 saturated heterocycles. The molecular formula is C14H22N2O2. The molecule has 0 spiro atoms. The lowest BCUT2D eigenvalue weighted by Gasteiger charge is -2.27. The summed E-state index contributed by atoms with van der Waals surface area (Å²) in [5.41, 5.74) is 2.82. The number of carbonyl (C=O) groups is 1. The van der Waals surface area contributed by atoms with Crippen molar-refractivity contribution in [2.24, 2.45) is 11.8 Å². The predicted octanol–water partition coefficient (Wildman–Crippen LogP) is 2.19. The van der Waals surface area contributed by atoms with Gasteiger partial charge >= 0.3 is 6.09 Å². The molecule has 0 saturated carbocycles. The maximum absolute atomic E-state index is 11.2. The molecule has 0 radical (unpaired) electrons. The molecule has 0 aromatic heterocycles. The molecule has 1 aliphatic heterocycles. The second kappa shape index (κ2) is 5.94. The van der Waals surface area contributed by atoms with Crippen LogP contribution in [0.2, 0.25) is 0 Å². The predicted molar refractivity (Wildman–Crippen MR) is 71.1 cm³/mol. The molecule has 1 amide bonds. The molecule has 0 bridgehead atoms. The largest absolute Gasteiger partial charge is 0.450 e. The quantitative estimate of drug-likeness (QED) is 0.804. The van der Waals surface area contributed by atoms with Crippen molar-refractivity contribution in [3.05, 3.63) is 23.4 Å². The van der Waals surface area contributed by atoms with Gasteiger partial charge in [-0.2, -0.15) is 0 Å². The summed E-state index contributed by atoms with van der Waals surface area (Å²) in [6, 6.07) is 0. The van der Waals surface area contributed by atoms with E-state index >= 15 is 0 Å². The molecule has 4 nitrogen and oxygen atoms in total. The van der Waals surface area contributed by atoms with Gasteiger partial charge in [0.25, 0.3) is 0 Å². The van der Waals surface area contributed by atoms with E-state index < -0.39 is 0 Å². The number of alkyl carbamates (subject to hydrolysis) is 1. The SMILES string of the molecule is CCOC(=O)NCCC1C2=C(C=CC1C)CCN2. The Morgan fingerprint density at radius 3 is 3.22 bits per heavy atom. The summed E-state index contributed by atoms with van der Waals surface area (Å²) in [6.45, 7) is 6.18. The highest BCUT2D eigenvalue weighted by atomic mass is 16.5. The van der Waals surface area contributed by atoms with E-state index in [-0.39, 0.29) is 6.09 Å². The number of ether oxygens (including phenoxy) is 1. The van der Waals surface area contributed by atoms with E-state index in [0.717, 1.165) is 19.4 Å². The summed E-state index contributed by atoms with van der Waals surface area (Å²) in [7, 11) is 0. The van der Waals surface area contributed by atoms with Crippen molar-refractivity contribution in [2.45, 2.75) is 26.7 Å². The first-order valence-corrected chi connectivity index (χ1v) is 6.78. The number of carbonyl (C=O) groups excluding carboxylic acids is 1. The third-order valence-electron chi connectivity index (χ3n) is 3.66. The fraction of sp³-hybridized carbons (Fsp3) is 0.643. The Bertz CT molecular complexity index is 374. The number of nitrogens with one attached hydrogen (secondary N) is 2. The minimum absolute atomic E-state index is 0.315. The van der Waals surface area contributed by atoms with Crippen LogP contribution in [0.5, 0.6) is 0 Å². The van der Waals surface area contributed by atoms with Gasteiger partial charge in [0, 0.05) is 24.7 Å². The van der Waals surface area contributed by atoms with Crippen molar-refractivity contribution in [1.29, 1.82) is 0 Å². The Hall–Kier alpha value is -1.45. The van der Waals surface area contributed by atoms with Crippen molar-refractivity contribution < 1.29 is 9.53 Å². The van der Waals surface area contributed by atoms with E-state index in [0.29, 0.717) is 25.0 Å². The molecule has 100 valence electrons. The first-order chi connectivity index (χ1) is 8.72. The molecule has 2 aliphatic rings. The van der Waals surface area contributed by atoms with Gasteiger partial charge in [-0.05, 0) is 31.3 Å². The molecule has 2 atom stereocenters. The number of allylic oxidation sites excluding steroid dienone is 3. The molecule has 0 aromatic carbocycles. The number of hydrogen-bond acceptors (Lipinski definition) is 3. The molecule has 2 N–H and O–H groups in total. The van der Waals surface area contributed by atoms with Gasteiger partial charge < -0.3 is 15.4 Å². The molecule has 0 fully saturated rings. The van der Waals surface area contributed by atoms with Gasteiger partial charge in [0.1, 0.15) is 0 Å². The average Bonchev–Trinajstić information content (AvgIpc) is 2.80. The van der Waals surface area contributed by atoms with Gasteiger partial charge in [0.15, 0.2) is 0 Å². The van der Waals surface area contributed by atoms with E-state index in [1.807, 2.05) is 6.92 Å². The Morgan fingerprint density at radius 2 is 2.44 bits per heavy atom. The second-order valence-electron chi connectivity index (χ2n) is 4.88. The molecule has 0 aromatic rings. The minimum Gasteiger partial charge on any atom is -0.450 e. The highest BCUT2D eigenvalue weighted by Crippen LogP contribution is 2.34. The van der Waals surface area contributed by atoms with Crippen LogP contribution in [0.3, 0.4) is 0 Å². The summed E-state index contributed by atoms with van der Waals surface area (Å²) in [4.78, 5) is 11.2. The highest BCUT2D eigenvalue weighted by Gasteiger charge is 2.27. The van der Waals surface area contributed by atoms with Crippen LogP contribution in [0.25, 0.3) is 0 Å². The zero-order chi connectivity index (χ0) is 13.0. The van der Waals surface area contributed by atoms with Crippen LogP contribution >= 0.6 is 0 Å². The van der Waals surface area contributed by atoms with Crippen LogP contribution in [0.4, 0.5) is 4.79 Å². The van der Waals surface area contributed by atoms with E-state index in [1.165, 1.54) is 11.3 Å². The summed E-state index contributed by atoms with van der Waals surface area (Å²) >= 11 is 0. The van der Waals surface area contributed by atoms with Crippen LogP contribution in [-0.4, -0.2) is 25.8 Å². The lowest BCUT2D eigenvalue weighted by molar-refractivity contribution is 0.151. The molecule has 2 rings (SSSR count). The number of rotatable bonds is 4. The summed E-state index contributed by atoms with van der Waals surface area (Å²) in [5.74, 6) is 1.02. The topological polar surface area (TPSA) is 50.4 Å². The van der Waals surface area contributed by atoms with Crippen LogP contribution in [0.1, 0.15) is 26.7 Å². The third kappa shape index (κ3) is 2.86. The Balaban J connectivity index is 1.85. The van der Waals surface area contributed by atoms with E-state index in [1.54, 1.807) is 0 Å². The second-order valence-corrected chi connectivity index (χ2v) is 4.88. The minimum atomic E-state index is -0.315. The van der Waals surface area contributed by atoms with Crippen LogP contribution < -0.4 is 10.6 Å². The molecule has 18 heavy (non-hydrogen) atoms. The fourth-order valence-corrected chi connectivity index (χ4v) is 2.71. The number of hydrogen-bond donors (Lipinski definition) is 2. The van der Waals surface area contributed by atoms with Crippen molar-refractivity contribution in [3.8, 4) is 0 Å². The normalized spacial score (nSPS) is 25.7. The van der Waals surface area contributed by atoms with Crippen molar-refractivity contribution >= 4 is 6.09 Å². The summed E-state index contributed by atoms with van der Waals surface area (Å²) in [5, 5.41) is 6.28. The zero-order valence-corrected chi connectivity index (χ0v) is 11.2. The summed E-state index contributed by atoms with van der Waals surface area (Å²) < 4.78 is 4.85. The van der Waals surface area contributed by atoms with Crippen LogP contribution in [0, 0.1) is 11.8 Å². The van der Waals surface area contributed by atoms with Gasteiger partial charge in [0.05, 0.1) is 6.61 Å². The van der Waals surface area contributed by atoms with Gasteiger partial charge in [-0.25, -0.2) is 4.79 Å². The lowest BCUT2D eigenvalue weighted by Crippen LogP contribution is -2.30. The van der Waals surface area contributed by atoms with Crippen molar-refractivity contribution in [2.75, 3.05) is 19.7 Å². The monoisotopic (exact) mass is 250 g/mol. The Morgan fingerprint density at radius 1 is 1.61 bits per heavy atom. The first kappa shape index (κ1) is 13.0. The summed E-state index contributed by atoms with van der Waals surface area (Å²) in [6.07, 6.45) is 6.29. The standard InChI is InChI=1S/C14H22N2O2/c1-3-18-14(17)16-9-7-12-10(2)4-5-11-6-8-15-13(11)12/h4-5,10,12,15H,3,6-9H2,1-2H3,(H,16,17). The van der Waals surface area contributed by atoms with Crippen LogP contribution in [-0.2, 0) is 4.74 Å². The molecular weight excluding hydrogens is 228 g/mol. The third-order valence-corrected chi connectivity index (χ3v) is 3.66. The zero-order valence-electron chi connectivity index (χ0n) is 11.2. The van der Waals surface area contributed by atoms with E-state index in [4.69, 9.17) is 4.74 Å². The maximum atomic E-state index is 11.2. The average molecular weight is 250 g/mol. The van der Waals surface area contributed by atoms with Gasteiger partial charge in [-0.15, -0.1) is 0 Å². The highest BCUT2D eigenvalue weighted by molar-refractivity contribution is 5.66. The van der Waals surface area contributed by atoms with E-state index in [2.05, 4.69) is 29.7 Å². The molecule has 1 heterocycles. The Kier molecular flexibility index (Phi) is 4.28. The Labute approximate surface area is 108 Å². The fourth-order valence-electron chi connectivity index (χ4n) is 2.71. The maximum Gasteiger partial charge on any atom is 0.407 e. The molecule has 2 unspecified atom stereocenters. The van der Waals surface area contributed by atoms with Crippen molar-refractivity contribution in [1.82, 2.24) is 10.6 Å². The smallest absolute Gasteiger partial charge is 0.407 e. The van der Waals surface area contributed by atoms with Crippen LogP contribution in [0.15, 0.2) is 23.4 Å². The molecule has 1 aliphatic carbocycles. The molecule has 4 heteroatoms. The lowest BCUT2D eigenvalue weighted by atomic mass is 9.82. The van der Waals surface area contributed by atoms with Gasteiger partial charge in [-0.3, -0.25) is 0 Å². The first-order valence-electron chi connectivity index (χ1n) is 6.78. The van der Waals surface area contributed by atoms with Gasteiger partial charge in [0.2, 0.25) is 0 Å². The number of amides is 1. The van der Waals surface area contributed by atoms with E-state index in [9.17, 15) is 4.79 Å². The van der Waals surface area contributed by atoms with Crippen molar-refractivity contribution in [3.63, 3.8) is 0 Å².